The molecule has 1 aliphatic rings. The first-order valence-electron chi connectivity index (χ1n) is 5.33. The van der Waals surface area contributed by atoms with Gasteiger partial charge in [-0.15, -0.1) is 0 Å². The molecule has 3 nitrogen and oxygen atoms in total. The zero-order valence-corrected chi connectivity index (χ0v) is 8.86. The van der Waals surface area contributed by atoms with Crippen molar-refractivity contribution < 1.29 is 4.79 Å². The Kier molecular flexibility index (Phi) is 2.62. The quantitative estimate of drug-likeness (QED) is 0.788. The number of hydrogen-bond donors (Lipinski definition) is 2. The van der Waals surface area contributed by atoms with Gasteiger partial charge in [0.2, 0.25) is 5.91 Å². The molecule has 1 aromatic carbocycles. The summed E-state index contributed by atoms with van der Waals surface area (Å²) in [4.78, 5) is 10.9. The number of carbonyl (C=O) groups is 1. The van der Waals surface area contributed by atoms with Gasteiger partial charge in [-0.2, -0.15) is 0 Å². The molecule has 0 radical (unpaired) electrons. The van der Waals surface area contributed by atoms with E-state index in [-0.39, 0.29) is 5.91 Å². The third kappa shape index (κ3) is 2.49. The summed E-state index contributed by atoms with van der Waals surface area (Å²) in [5.41, 5.74) is 6.77. The van der Waals surface area contributed by atoms with Crippen LogP contribution in [0.1, 0.15) is 30.1 Å². The van der Waals surface area contributed by atoms with Crippen LogP contribution < -0.4 is 11.1 Å². The number of amides is 1. The number of nitrogens with one attached hydrogen (secondary N) is 1. The van der Waals surface area contributed by atoms with Crippen LogP contribution in [0.15, 0.2) is 24.3 Å². The van der Waals surface area contributed by atoms with Crippen molar-refractivity contribution in [3.05, 3.63) is 29.8 Å². The summed E-state index contributed by atoms with van der Waals surface area (Å²) in [6.45, 7) is 2.19. The summed E-state index contributed by atoms with van der Waals surface area (Å²) < 4.78 is 0. The van der Waals surface area contributed by atoms with E-state index in [2.05, 4.69) is 12.2 Å². The molecular formula is C12H16N2O. The molecule has 0 aliphatic heterocycles. The van der Waals surface area contributed by atoms with Gasteiger partial charge in [-0.05, 0) is 49.9 Å². The molecule has 0 aromatic heterocycles. The Morgan fingerprint density at radius 3 is 2.47 bits per heavy atom. The maximum absolute atomic E-state index is 10.9. The highest BCUT2D eigenvalue weighted by Crippen LogP contribution is 2.33. The van der Waals surface area contributed by atoms with Crippen LogP contribution in [-0.2, 0) is 0 Å². The zero-order valence-electron chi connectivity index (χ0n) is 8.86. The van der Waals surface area contributed by atoms with Crippen molar-refractivity contribution in [2.45, 2.75) is 25.8 Å². The number of carbonyl (C=O) groups excluding carboxylic acids is 1. The molecule has 1 unspecified atom stereocenters. The maximum atomic E-state index is 10.9. The summed E-state index contributed by atoms with van der Waals surface area (Å²) in [6, 6.07) is 7.83. The highest BCUT2D eigenvalue weighted by molar-refractivity contribution is 5.93. The lowest BCUT2D eigenvalue weighted by molar-refractivity contribution is 0.100. The Bertz CT molecular complexity index is 354. The second-order valence-corrected chi connectivity index (χ2v) is 4.21. The first-order valence-corrected chi connectivity index (χ1v) is 5.33. The Balaban J connectivity index is 1.99. The highest BCUT2D eigenvalue weighted by Gasteiger charge is 2.27. The highest BCUT2D eigenvalue weighted by atomic mass is 16.1. The van der Waals surface area contributed by atoms with Crippen molar-refractivity contribution >= 4 is 11.6 Å². The van der Waals surface area contributed by atoms with E-state index in [4.69, 9.17) is 5.73 Å². The van der Waals surface area contributed by atoms with Crippen molar-refractivity contribution in [3.8, 4) is 0 Å². The fraction of sp³-hybridized carbons (Fsp3) is 0.417. The summed E-state index contributed by atoms with van der Waals surface area (Å²) in [5, 5.41) is 3.42. The monoisotopic (exact) mass is 204 g/mol. The molecular weight excluding hydrogens is 188 g/mol. The Morgan fingerprint density at radius 1 is 1.40 bits per heavy atom. The average molecular weight is 204 g/mol. The minimum atomic E-state index is -0.378. The van der Waals surface area contributed by atoms with Crippen LogP contribution in [0.4, 0.5) is 5.69 Å². The van der Waals surface area contributed by atoms with Gasteiger partial charge < -0.3 is 11.1 Å². The molecule has 0 bridgehead atoms. The molecule has 1 saturated carbocycles. The Morgan fingerprint density at radius 2 is 2.00 bits per heavy atom. The smallest absolute Gasteiger partial charge is 0.248 e. The summed E-state index contributed by atoms with van der Waals surface area (Å²) in [7, 11) is 0. The number of anilines is 1. The largest absolute Gasteiger partial charge is 0.382 e. The lowest BCUT2D eigenvalue weighted by atomic mass is 10.1. The van der Waals surface area contributed by atoms with Crippen LogP contribution in [0.3, 0.4) is 0 Å². The first kappa shape index (κ1) is 10.0. The third-order valence-corrected chi connectivity index (χ3v) is 2.89. The molecule has 15 heavy (non-hydrogen) atoms. The van der Waals surface area contributed by atoms with Crippen LogP contribution in [0, 0.1) is 5.92 Å². The van der Waals surface area contributed by atoms with Crippen molar-refractivity contribution in [1.82, 2.24) is 0 Å². The summed E-state index contributed by atoms with van der Waals surface area (Å²) in [5.74, 6) is 0.442. The van der Waals surface area contributed by atoms with E-state index in [1.807, 2.05) is 12.1 Å². The van der Waals surface area contributed by atoms with Gasteiger partial charge in [0.25, 0.3) is 0 Å². The Labute approximate surface area is 89.7 Å². The molecule has 2 rings (SSSR count). The van der Waals surface area contributed by atoms with E-state index in [1.165, 1.54) is 12.8 Å². The molecule has 80 valence electrons. The van der Waals surface area contributed by atoms with Gasteiger partial charge in [-0.3, -0.25) is 4.79 Å². The average Bonchev–Trinajstić information content (AvgIpc) is 3.01. The van der Waals surface area contributed by atoms with Crippen LogP contribution in [0.2, 0.25) is 0 Å². The van der Waals surface area contributed by atoms with Gasteiger partial charge in [0.05, 0.1) is 0 Å². The Hall–Kier alpha value is -1.51. The van der Waals surface area contributed by atoms with E-state index >= 15 is 0 Å². The van der Waals surface area contributed by atoms with Gasteiger partial charge in [0.1, 0.15) is 0 Å². The predicted molar refractivity (Wildman–Crippen MR) is 60.8 cm³/mol. The maximum Gasteiger partial charge on any atom is 0.248 e. The molecule has 1 atom stereocenters. The van der Waals surface area contributed by atoms with E-state index in [9.17, 15) is 4.79 Å². The normalized spacial score (nSPS) is 17.1. The van der Waals surface area contributed by atoms with Gasteiger partial charge in [-0.1, -0.05) is 0 Å². The number of nitrogens with two attached hydrogens (primary N) is 1. The van der Waals surface area contributed by atoms with Gasteiger partial charge >= 0.3 is 0 Å². The second kappa shape index (κ2) is 3.93. The number of benzene rings is 1. The lowest BCUT2D eigenvalue weighted by Crippen LogP contribution is -2.17. The summed E-state index contributed by atoms with van der Waals surface area (Å²) >= 11 is 0. The van der Waals surface area contributed by atoms with Crippen molar-refractivity contribution in [3.63, 3.8) is 0 Å². The fourth-order valence-electron chi connectivity index (χ4n) is 1.71. The van der Waals surface area contributed by atoms with E-state index in [0.29, 0.717) is 11.6 Å². The second-order valence-electron chi connectivity index (χ2n) is 4.21. The molecule has 1 amide bonds. The van der Waals surface area contributed by atoms with E-state index < -0.39 is 0 Å². The predicted octanol–water partition coefficient (Wildman–Crippen LogP) is 2.00. The molecule has 1 aromatic rings. The van der Waals surface area contributed by atoms with Crippen molar-refractivity contribution in [1.29, 1.82) is 0 Å². The SMILES string of the molecule is CC(Nc1ccc(C(N)=O)cc1)C1CC1. The summed E-state index contributed by atoms with van der Waals surface area (Å²) in [6.07, 6.45) is 2.65. The van der Waals surface area contributed by atoms with E-state index in [1.54, 1.807) is 12.1 Å². The molecule has 0 saturated heterocycles. The van der Waals surface area contributed by atoms with Crippen molar-refractivity contribution in [2.24, 2.45) is 11.7 Å². The lowest BCUT2D eigenvalue weighted by Gasteiger charge is -2.14. The molecule has 0 spiro atoms. The van der Waals surface area contributed by atoms with Gasteiger partial charge in [-0.25, -0.2) is 0 Å². The minimum Gasteiger partial charge on any atom is -0.382 e. The van der Waals surface area contributed by atoms with Crippen LogP contribution in [0.5, 0.6) is 0 Å². The third-order valence-electron chi connectivity index (χ3n) is 2.89. The minimum absolute atomic E-state index is 0.378. The molecule has 1 aliphatic carbocycles. The van der Waals surface area contributed by atoms with Crippen LogP contribution >= 0.6 is 0 Å². The topological polar surface area (TPSA) is 55.1 Å². The molecule has 0 heterocycles. The molecule has 3 N–H and O–H groups in total. The molecule has 1 fully saturated rings. The fourth-order valence-corrected chi connectivity index (χ4v) is 1.71. The number of hydrogen-bond acceptors (Lipinski definition) is 2. The molecule has 3 heteroatoms. The number of primary amides is 1. The first-order chi connectivity index (χ1) is 7.16. The van der Waals surface area contributed by atoms with Crippen molar-refractivity contribution in [2.75, 3.05) is 5.32 Å². The van der Waals surface area contributed by atoms with Gasteiger partial charge in [0.15, 0.2) is 0 Å². The van der Waals surface area contributed by atoms with Crippen LogP contribution in [0.25, 0.3) is 0 Å². The van der Waals surface area contributed by atoms with Crippen LogP contribution in [-0.4, -0.2) is 11.9 Å². The van der Waals surface area contributed by atoms with E-state index in [0.717, 1.165) is 11.6 Å². The van der Waals surface area contributed by atoms with Gasteiger partial charge in [0, 0.05) is 17.3 Å². The number of rotatable bonds is 4. The zero-order chi connectivity index (χ0) is 10.8. The standard InChI is InChI=1S/C12H16N2O/c1-8(9-2-3-9)14-11-6-4-10(5-7-11)12(13)15/h4-9,14H,2-3H2,1H3,(H2,13,15).